The quantitative estimate of drug-likeness (QED) is 0.843. The van der Waals surface area contributed by atoms with Crippen LogP contribution in [0.5, 0.6) is 0 Å². The van der Waals surface area contributed by atoms with Crippen LogP contribution in [0.2, 0.25) is 0 Å². The number of nitrogens with one attached hydrogen (secondary N) is 1. The summed E-state index contributed by atoms with van der Waals surface area (Å²) in [5.41, 5.74) is 0.951. The van der Waals surface area contributed by atoms with Gasteiger partial charge in [0.25, 0.3) is 5.91 Å². The first kappa shape index (κ1) is 13.7. The van der Waals surface area contributed by atoms with Crippen molar-refractivity contribution < 1.29 is 4.79 Å². The molecule has 0 radical (unpaired) electrons. The van der Waals surface area contributed by atoms with Crippen molar-refractivity contribution in [2.45, 2.75) is 19.3 Å². The van der Waals surface area contributed by atoms with Crippen molar-refractivity contribution in [1.82, 2.24) is 19.0 Å². The Hall–Kier alpha value is -0.720. The summed E-state index contributed by atoms with van der Waals surface area (Å²) in [6, 6.07) is 0. The van der Waals surface area contributed by atoms with Crippen LogP contribution in [0.4, 0.5) is 0 Å². The number of carbonyl (C=O) groups is 1. The van der Waals surface area contributed by atoms with E-state index in [1.165, 1.54) is 6.42 Å². The van der Waals surface area contributed by atoms with Crippen LogP contribution in [0, 0.1) is 5.41 Å². The van der Waals surface area contributed by atoms with Gasteiger partial charge < -0.3 is 10.2 Å². The lowest BCUT2D eigenvalue weighted by atomic mass is 9.78. The Labute approximate surface area is 117 Å². The van der Waals surface area contributed by atoms with Crippen molar-refractivity contribution in [2.24, 2.45) is 5.41 Å². The van der Waals surface area contributed by atoms with Crippen LogP contribution in [0.3, 0.4) is 0 Å². The van der Waals surface area contributed by atoms with E-state index in [0.29, 0.717) is 11.1 Å². The first-order chi connectivity index (χ1) is 8.29. The smallest absolute Gasteiger partial charge is 0.275 e. The molecule has 100 valence electrons. The molecule has 3 rings (SSSR count). The summed E-state index contributed by atoms with van der Waals surface area (Å²) < 4.78 is 7.89. The predicted octanol–water partition coefficient (Wildman–Crippen LogP) is 1.18. The van der Waals surface area contributed by atoms with Crippen molar-refractivity contribution in [3.05, 3.63) is 11.9 Å². The topological polar surface area (TPSA) is 58.1 Å². The molecule has 0 aromatic carbocycles. The predicted molar refractivity (Wildman–Crippen MR) is 72.2 cm³/mol. The third-order valence-corrected chi connectivity index (χ3v) is 4.50. The van der Waals surface area contributed by atoms with Crippen LogP contribution >= 0.6 is 24.1 Å². The molecule has 1 aromatic heterocycles. The minimum atomic E-state index is 0. The van der Waals surface area contributed by atoms with Crippen LogP contribution < -0.4 is 5.32 Å². The molecular formula is C11H17ClN4OS. The van der Waals surface area contributed by atoms with Crippen molar-refractivity contribution in [1.29, 1.82) is 0 Å². The van der Waals surface area contributed by atoms with Crippen LogP contribution in [0.25, 0.3) is 0 Å². The van der Waals surface area contributed by atoms with Crippen molar-refractivity contribution >= 4 is 30.0 Å². The van der Waals surface area contributed by atoms with E-state index in [1.54, 1.807) is 6.20 Å². The average Bonchev–Trinajstić information content (AvgIpc) is 3.01. The maximum atomic E-state index is 12.1. The fourth-order valence-electron chi connectivity index (χ4n) is 2.83. The lowest BCUT2D eigenvalue weighted by Crippen LogP contribution is -2.44. The van der Waals surface area contributed by atoms with E-state index < -0.39 is 0 Å². The van der Waals surface area contributed by atoms with Crippen LogP contribution in [0.15, 0.2) is 6.20 Å². The number of halogens is 1. The standard InChI is InChI=1S/C11H16N4OS.ClH/c16-10(9-7-13-17-14-9)15-5-2-11(3-6-15)1-4-12-8-11;/h7,12H,1-6,8H2;1H. The second-order valence-electron chi connectivity index (χ2n) is 5.01. The minimum Gasteiger partial charge on any atom is -0.337 e. The summed E-state index contributed by atoms with van der Waals surface area (Å²) in [6.07, 6.45) is 5.05. The van der Waals surface area contributed by atoms with Crippen molar-refractivity contribution in [2.75, 3.05) is 26.2 Å². The van der Waals surface area contributed by atoms with E-state index >= 15 is 0 Å². The van der Waals surface area contributed by atoms with Gasteiger partial charge in [-0.2, -0.15) is 8.75 Å². The third-order valence-electron chi connectivity index (χ3n) is 4.02. The molecule has 2 fully saturated rings. The summed E-state index contributed by atoms with van der Waals surface area (Å²) in [5.74, 6) is 0.0413. The molecule has 5 nitrogen and oxygen atoms in total. The number of amides is 1. The van der Waals surface area contributed by atoms with Gasteiger partial charge in [0.1, 0.15) is 0 Å². The van der Waals surface area contributed by atoms with E-state index in [4.69, 9.17) is 0 Å². The first-order valence-corrected chi connectivity index (χ1v) is 6.80. The molecule has 1 aromatic rings. The van der Waals surface area contributed by atoms with Crippen LogP contribution in [-0.2, 0) is 0 Å². The highest BCUT2D eigenvalue weighted by Crippen LogP contribution is 2.37. The SMILES string of the molecule is Cl.O=C(c1cnsn1)N1CCC2(CCNC2)CC1. The summed E-state index contributed by atoms with van der Waals surface area (Å²) in [6.45, 7) is 3.97. The molecule has 1 N–H and O–H groups in total. The summed E-state index contributed by atoms with van der Waals surface area (Å²) in [7, 11) is 0. The molecule has 1 spiro atoms. The number of hydrogen-bond donors (Lipinski definition) is 1. The number of piperidine rings is 1. The molecule has 0 bridgehead atoms. The Balaban J connectivity index is 0.00000120. The highest BCUT2D eigenvalue weighted by Gasteiger charge is 2.38. The van der Waals surface area contributed by atoms with E-state index in [2.05, 4.69) is 14.1 Å². The number of hydrogen-bond acceptors (Lipinski definition) is 5. The van der Waals surface area contributed by atoms with Gasteiger partial charge in [-0.25, -0.2) is 0 Å². The van der Waals surface area contributed by atoms with Gasteiger partial charge in [-0.1, -0.05) is 0 Å². The van der Waals surface area contributed by atoms with E-state index in [9.17, 15) is 4.79 Å². The van der Waals surface area contributed by atoms with Gasteiger partial charge in [0.2, 0.25) is 0 Å². The number of nitrogens with zero attached hydrogens (tertiary/aromatic N) is 3. The fourth-order valence-corrected chi connectivity index (χ4v) is 3.23. The lowest BCUT2D eigenvalue weighted by molar-refractivity contribution is 0.0603. The molecule has 3 heterocycles. The molecule has 0 atom stereocenters. The summed E-state index contributed by atoms with van der Waals surface area (Å²) in [5, 5.41) is 3.43. The molecule has 0 saturated carbocycles. The second-order valence-corrected chi connectivity index (χ2v) is 5.57. The minimum absolute atomic E-state index is 0. The van der Waals surface area contributed by atoms with Gasteiger partial charge in [-0.15, -0.1) is 12.4 Å². The second kappa shape index (κ2) is 5.50. The number of likely N-dealkylation sites (tertiary alicyclic amines) is 1. The molecule has 18 heavy (non-hydrogen) atoms. The van der Waals surface area contributed by atoms with Gasteiger partial charge in [0, 0.05) is 19.6 Å². The zero-order valence-corrected chi connectivity index (χ0v) is 11.7. The maximum absolute atomic E-state index is 12.1. The fraction of sp³-hybridized carbons (Fsp3) is 0.727. The monoisotopic (exact) mass is 288 g/mol. The Kier molecular flexibility index (Phi) is 4.19. The average molecular weight is 289 g/mol. The molecule has 7 heteroatoms. The zero-order chi connectivity index (χ0) is 11.7. The van der Waals surface area contributed by atoms with Gasteiger partial charge in [-0.3, -0.25) is 4.79 Å². The van der Waals surface area contributed by atoms with E-state index in [1.807, 2.05) is 4.90 Å². The highest BCUT2D eigenvalue weighted by molar-refractivity contribution is 6.99. The Morgan fingerprint density at radius 3 is 2.72 bits per heavy atom. The number of carbonyl (C=O) groups excluding carboxylic acids is 1. The first-order valence-electron chi connectivity index (χ1n) is 6.07. The van der Waals surface area contributed by atoms with Gasteiger partial charge in [-0.05, 0) is 31.2 Å². The van der Waals surface area contributed by atoms with E-state index in [-0.39, 0.29) is 18.3 Å². The summed E-state index contributed by atoms with van der Waals surface area (Å²) in [4.78, 5) is 14.0. The number of aromatic nitrogens is 2. The Bertz CT molecular complexity index is 395. The number of rotatable bonds is 1. The molecule has 2 aliphatic rings. The Morgan fingerprint density at radius 2 is 2.17 bits per heavy atom. The largest absolute Gasteiger partial charge is 0.337 e. The van der Waals surface area contributed by atoms with Gasteiger partial charge in [0.05, 0.1) is 17.9 Å². The zero-order valence-electron chi connectivity index (χ0n) is 10.1. The highest BCUT2D eigenvalue weighted by atomic mass is 35.5. The van der Waals surface area contributed by atoms with Crippen LogP contribution in [0.1, 0.15) is 29.8 Å². The van der Waals surface area contributed by atoms with E-state index in [0.717, 1.165) is 50.7 Å². The van der Waals surface area contributed by atoms with Crippen molar-refractivity contribution in [3.8, 4) is 0 Å². The molecule has 0 unspecified atom stereocenters. The molecular weight excluding hydrogens is 272 g/mol. The van der Waals surface area contributed by atoms with Gasteiger partial charge >= 0.3 is 0 Å². The van der Waals surface area contributed by atoms with Gasteiger partial charge in [0.15, 0.2) is 5.69 Å². The molecule has 0 aliphatic carbocycles. The third kappa shape index (κ3) is 2.50. The normalized spacial score (nSPS) is 21.9. The molecule has 1 amide bonds. The summed E-state index contributed by atoms with van der Waals surface area (Å²) >= 11 is 1.09. The van der Waals surface area contributed by atoms with Crippen LogP contribution in [-0.4, -0.2) is 45.7 Å². The molecule has 2 aliphatic heterocycles. The maximum Gasteiger partial charge on any atom is 0.275 e. The Morgan fingerprint density at radius 1 is 1.39 bits per heavy atom. The van der Waals surface area contributed by atoms with Crippen molar-refractivity contribution in [3.63, 3.8) is 0 Å². The molecule has 2 saturated heterocycles. The lowest BCUT2D eigenvalue weighted by Gasteiger charge is -2.38.